The number of hydrogen-bond acceptors (Lipinski definition) is 2. The van der Waals surface area contributed by atoms with Gasteiger partial charge in [0.1, 0.15) is 6.17 Å². The molecule has 0 saturated heterocycles. The van der Waals surface area contributed by atoms with Crippen molar-refractivity contribution in [1.29, 1.82) is 5.26 Å². The Morgan fingerprint density at radius 1 is 1.47 bits per heavy atom. The summed E-state index contributed by atoms with van der Waals surface area (Å²) in [4.78, 5) is 4.22. The summed E-state index contributed by atoms with van der Waals surface area (Å²) in [5.41, 5.74) is 1.63. The zero-order chi connectivity index (χ0) is 12.3. The molecule has 1 aromatic rings. The summed E-state index contributed by atoms with van der Waals surface area (Å²) in [6.07, 6.45) is 4.38. The van der Waals surface area contributed by atoms with Gasteiger partial charge in [-0.3, -0.25) is 4.98 Å². The van der Waals surface area contributed by atoms with Crippen LogP contribution in [0.5, 0.6) is 0 Å². The SMILES string of the molecule is N#CC1CC=C(c2ccccn2)C=C(Br)C1F. The highest BCUT2D eigenvalue weighted by Gasteiger charge is 2.25. The van der Waals surface area contributed by atoms with Crippen LogP contribution in [0.3, 0.4) is 0 Å². The summed E-state index contributed by atoms with van der Waals surface area (Å²) in [5, 5.41) is 8.88. The van der Waals surface area contributed by atoms with E-state index in [4.69, 9.17) is 5.26 Å². The molecule has 0 spiro atoms. The van der Waals surface area contributed by atoms with E-state index in [0.717, 1.165) is 11.3 Å². The largest absolute Gasteiger partial charge is 0.256 e. The van der Waals surface area contributed by atoms with E-state index in [1.165, 1.54) is 0 Å². The number of halogens is 2. The van der Waals surface area contributed by atoms with Crippen LogP contribution in [0.2, 0.25) is 0 Å². The van der Waals surface area contributed by atoms with E-state index in [1.54, 1.807) is 12.3 Å². The molecule has 4 heteroatoms. The molecule has 0 aliphatic heterocycles. The first kappa shape index (κ1) is 12.0. The Morgan fingerprint density at radius 3 is 2.94 bits per heavy atom. The van der Waals surface area contributed by atoms with Gasteiger partial charge in [-0.15, -0.1) is 0 Å². The molecular formula is C13H10BrFN2. The van der Waals surface area contributed by atoms with E-state index in [9.17, 15) is 4.39 Å². The molecule has 1 aromatic heterocycles. The lowest BCUT2D eigenvalue weighted by Gasteiger charge is -2.09. The van der Waals surface area contributed by atoms with Gasteiger partial charge in [0.15, 0.2) is 0 Å². The van der Waals surface area contributed by atoms with Crippen LogP contribution in [0.1, 0.15) is 12.1 Å². The van der Waals surface area contributed by atoms with Crippen LogP contribution in [-0.4, -0.2) is 11.2 Å². The number of aromatic nitrogens is 1. The van der Waals surface area contributed by atoms with Gasteiger partial charge >= 0.3 is 0 Å². The van der Waals surface area contributed by atoms with Gasteiger partial charge in [0.2, 0.25) is 0 Å². The van der Waals surface area contributed by atoms with Crippen molar-refractivity contribution in [3.05, 3.63) is 46.7 Å². The normalized spacial score (nSPS) is 24.3. The van der Waals surface area contributed by atoms with E-state index in [1.807, 2.05) is 30.3 Å². The van der Waals surface area contributed by atoms with Crippen LogP contribution in [0, 0.1) is 17.2 Å². The average molecular weight is 293 g/mol. The first-order valence-electron chi connectivity index (χ1n) is 5.24. The van der Waals surface area contributed by atoms with Gasteiger partial charge in [0.05, 0.1) is 17.7 Å². The van der Waals surface area contributed by atoms with Gasteiger partial charge in [0, 0.05) is 10.7 Å². The zero-order valence-electron chi connectivity index (χ0n) is 8.98. The highest BCUT2D eigenvalue weighted by molar-refractivity contribution is 9.11. The first-order valence-corrected chi connectivity index (χ1v) is 6.04. The van der Waals surface area contributed by atoms with Crippen molar-refractivity contribution >= 4 is 21.5 Å². The molecule has 2 nitrogen and oxygen atoms in total. The van der Waals surface area contributed by atoms with E-state index in [0.29, 0.717) is 10.9 Å². The number of allylic oxidation sites excluding steroid dienone is 4. The lowest BCUT2D eigenvalue weighted by molar-refractivity contribution is 0.326. The first-order chi connectivity index (χ1) is 8.22. The smallest absolute Gasteiger partial charge is 0.148 e. The maximum Gasteiger partial charge on any atom is 0.148 e. The molecule has 1 aliphatic carbocycles. The van der Waals surface area contributed by atoms with E-state index in [-0.39, 0.29) is 0 Å². The van der Waals surface area contributed by atoms with Crippen LogP contribution in [-0.2, 0) is 0 Å². The van der Waals surface area contributed by atoms with Crippen LogP contribution >= 0.6 is 15.9 Å². The number of pyridine rings is 1. The van der Waals surface area contributed by atoms with Crippen molar-refractivity contribution in [3.8, 4) is 6.07 Å². The van der Waals surface area contributed by atoms with Gasteiger partial charge in [0.25, 0.3) is 0 Å². The standard InChI is InChI=1S/C13H10BrFN2/c14-11-7-9(12-3-1-2-6-17-12)4-5-10(8-16)13(11)15/h1-4,6-7,10,13H,5H2. The minimum atomic E-state index is -1.27. The Morgan fingerprint density at radius 2 is 2.29 bits per heavy atom. The lowest BCUT2D eigenvalue weighted by atomic mass is 10.0. The minimum absolute atomic E-state index is 0.398. The van der Waals surface area contributed by atoms with Gasteiger partial charge in [-0.25, -0.2) is 4.39 Å². The maximum absolute atomic E-state index is 13.8. The van der Waals surface area contributed by atoms with Crippen molar-refractivity contribution in [2.75, 3.05) is 0 Å². The van der Waals surface area contributed by atoms with Crippen LogP contribution < -0.4 is 0 Å². The molecule has 2 unspecified atom stereocenters. The molecule has 0 bridgehead atoms. The molecule has 1 aliphatic rings. The molecule has 0 fully saturated rings. The van der Waals surface area contributed by atoms with Crippen LogP contribution in [0.4, 0.5) is 4.39 Å². The second-order valence-electron chi connectivity index (χ2n) is 3.78. The van der Waals surface area contributed by atoms with Crippen molar-refractivity contribution in [1.82, 2.24) is 4.98 Å². The fraction of sp³-hybridized carbons (Fsp3) is 0.231. The number of nitriles is 1. The Labute approximate surface area is 108 Å². The Balaban J connectivity index is 2.37. The minimum Gasteiger partial charge on any atom is -0.256 e. The summed E-state index contributed by atoms with van der Waals surface area (Å²) in [5.74, 6) is -0.637. The zero-order valence-corrected chi connectivity index (χ0v) is 10.6. The van der Waals surface area contributed by atoms with Crippen LogP contribution in [0.15, 0.2) is 41.0 Å². The number of nitrogens with zero attached hydrogens (tertiary/aromatic N) is 2. The van der Waals surface area contributed by atoms with Gasteiger partial charge in [-0.2, -0.15) is 5.26 Å². The Kier molecular flexibility index (Phi) is 3.70. The Bertz CT molecular complexity index is 502. The molecule has 1 heterocycles. The van der Waals surface area contributed by atoms with Crippen LogP contribution in [0.25, 0.3) is 5.57 Å². The lowest BCUT2D eigenvalue weighted by Crippen LogP contribution is -2.12. The molecule has 2 atom stereocenters. The number of hydrogen-bond donors (Lipinski definition) is 0. The second kappa shape index (κ2) is 5.24. The molecule has 2 rings (SSSR count). The molecule has 17 heavy (non-hydrogen) atoms. The molecule has 0 aromatic carbocycles. The predicted octanol–water partition coefficient (Wildman–Crippen LogP) is 3.63. The summed E-state index contributed by atoms with van der Waals surface area (Å²) in [7, 11) is 0. The van der Waals surface area contributed by atoms with Crippen molar-refractivity contribution < 1.29 is 4.39 Å². The third-order valence-corrected chi connectivity index (χ3v) is 3.29. The van der Waals surface area contributed by atoms with Gasteiger partial charge in [-0.05, 0) is 30.2 Å². The Hall–Kier alpha value is -1.47. The molecule has 0 saturated carbocycles. The summed E-state index contributed by atoms with van der Waals surface area (Å²) in [6, 6.07) is 7.56. The summed E-state index contributed by atoms with van der Waals surface area (Å²) in [6.45, 7) is 0. The van der Waals surface area contributed by atoms with E-state index in [2.05, 4.69) is 20.9 Å². The highest BCUT2D eigenvalue weighted by Crippen LogP contribution is 2.31. The quantitative estimate of drug-likeness (QED) is 0.793. The summed E-state index contributed by atoms with van der Waals surface area (Å²) >= 11 is 3.19. The fourth-order valence-electron chi connectivity index (χ4n) is 1.68. The van der Waals surface area contributed by atoms with Gasteiger partial charge < -0.3 is 0 Å². The molecule has 0 amide bonds. The maximum atomic E-state index is 13.8. The number of alkyl halides is 1. The predicted molar refractivity (Wildman–Crippen MR) is 67.8 cm³/mol. The van der Waals surface area contributed by atoms with Gasteiger partial charge in [-0.1, -0.05) is 28.1 Å². The highest BCUT2D eigenvalue weighted by atomic mass is 79.9. The summed E-state index contributed by atoms with van der Waals surface area (Å²) < 4.78 is 14.2. The molecule has 86 valence electrons. The van der Waals surface area contributed by atoms with Crippen molar-refractivity contribution in [2.24, 2.45) is 5.92 Å². The molecule has 0 N–H and O–H groups in total. The van der Waals surface area contributed by atoms with Crippen molar-refractivity contribution in [3.63, 3.8) is 0 Å². The third-order valence-electron chi connectivity index (χ3n) is 2.63. The third kappa shape index (κ3) is 2.62. The fourth-order valence-corrected chi connectivity index (χ4v) is 2.25. The molecular weight excluding hydrogens is 283 g/mol. The van der Waals surface area contributed by atoms with E-state index < -0.39 is 12.1 Å². The van der Waals surface area contributed by atoms with Crippen molar-refractivity contribution in [2.45, 2.75) is 12.6 Å². The monoisotopic (exact) mass is 292 g/mol. The molecule has 0 radical (unpaired) electrons. The second-order valence-corrected chi connectivity index (χ2v) is 4.69. The number of rotatable bonds is 1. The topological polar surface area (TPSA) is 36.7 Å². The average Bonchev–Trinajstić information content (AvgIpc) is 2.51. The van der Waals surface area contributed by atoms with E-state index >= 15 is 0 Å².